The summed E-state index contributed by atoms with van der Waals surface area (Å²) in [6, 6.07) is 11.0. The van der Waals surface area contributed by atoms with Gasteiger partial charge in [0.25, 0.3) is 0 Å². The van der Waals surface area contributed by atoms with E-state index in [1.165, 1.54) is 24.8 Å². The lowest BCUT2D eigenvalue weighted by Gasteiger charge is -2.30. The molecule has 0 heterocycles. The van der Waals surface area contributed by atoms with Crippen molar-refractivity contribution in [3.05, 3.63) is 35.9 Å². The molecule has 0 spiro atoms. The van der Waals surface area contributed by atoms with Gasteiger partial charge in [0.15, 0.2) is 0 Å². The van der Waals surface area contributed by atoms with Crippen LogP contribution in [0.3, 0.4) is 0 Å². The summed E-state index contributed by atoms with van der Waals surface area (Å²) in [5.74, 6) is 0. The van der Waals surface area contributed by atoms with Crippen LogP contribution in [0.1, 0.15) is 64.9 Å². The van der Waals surface area contributed by atoms with Gasteiger partial charge in [0, 0.05) is 12.1 Å². The molecule has 1 fully saturated rings. The Kier molecular flexibility index (Phi) is 5.87. The first-order valence-corrected chi connectivity index (χ1v) is 8.60. The summed E-state index contributed by atoms with van der Waals surface area (Å²) >= 11 is 0. The van der Waals surface area contributed by atoms with Crippen molar-refractivity contribution in [3.63, 3.8) is 0 Å². The van der Waals surface area contributed by atoms with Crippen LogP contribution < -0.4 is 10.6 Å². The molecule has 2 rings (SSSR count). The van der Waals surface area contributed by atoms with Crippen molar-refractivity contribution in [1.29, 1.82) is 0 Å². The van der Waals surface area contributed by atoms with Gasteiger partial charge in [-0.2, -0.15) is 0 Å². The predicted octanol–water partition coefficient (Wildman–Crippen LogP) is 4.37. The molecule has 1 saturated carbocycles. The fourth-order valence-electron chi connectivity index (χ4n) is 3.52. The first kappa shape index (κ1) is 16.9. The van der Waals surface area contributed by atoms with Crippen LogP contribution in [-0.4, -0.2) is 18.1 Å². The zero-order valence-electron chi connectivity index (χ0n) is 14.2. The van der Waals surface area contributed by atoms with Gasteiger partial charge in [0.2, 0.25) is 0 Å². The molecular formula is C19H30N2O. The van der Waals surface area contributed by atoms with E-state index in [1.54, 1.807) is 0 Å². The Morgan fingerprint density at radius 2 is 1.82 bits per heavy atom. The molecule has 0 saturated heterocycles. The van der Waals surface area contributed by atoms with Gasteiger partial charge < -0.3 is 10.6 Å². The Morgan fingerprint density at radius 1 is 1.18 bits per heavy atom. The summed E-state index contributed by atoms with van der Waals surface area (Å²) in [5.41, 5.74) is 1.37. The zero-order valence-corrected chi connectivity index (χ0v) is 14.2. The summed E-state index contributed by atoms with van der Waals surface area (Å²) in [4.78, 5) is 12.1. The molecular weight excluding hydrogens is 272 g/mol. The van der Waals surface area contributed by atoms with E-state index in [1.807, 2.05) is 6.07 Å². The fourth-order valence-corrected chi connectivity index (χ4v) is 3.52. The molecule has 1 aliphatic rings. The third-order valence-electron chi connectivity index (χ3n) is 4.69. The lowest BCUT2D eigenvalue weighted by molar-refractivity contribution is 0.227. The molecule has 22 heavy (non-hydrogen) atoms. The minimum atomic E-state index is -0.0109. The maximum atomic E-state index is 12.1. The smallest absolute Gasteiger partial charge is 0.315 e. The molecule has 122 valence electrons. The van der Waals surface area contributed by atoms with Crippen molar-refractivity contribution in [1.82, 2.24) is 10.6 Å². The van der Waals surface area contributed by atoms with Crippen molar-refractivity contribution < 1.29 is 4.79 Å². The van der Waals surface area contributed by atoms with Crippen LogP contribution in [0.5, 0.6) is 0 Å². The number of benzene rings is 1. The van der Waals surface area contributed by atoms with Gasteiger partial charge in [-0.3, -0.25) is 0 Å². The summed E-state index contributed by atoms with van der Waals surface area (Å²) in [5, 5.41) is 6.23. The predicted molar refractivity (Wildman–Crippen MR) is 92.1 cm³/mol. The molecule has 1 aromatic carbocycles. The average molecular weight is 302 g/mol. The summed E-state index contributed by atoms with van der Waals surface area (Å²) in [7, 11) is 0. The molecule has 1 atom stereocenters. The van der Waals surface area contributed by atoms with Crippen molar-refractivity contribution in [2.75, 3.05) is 0 Å². The second-order valence-electron chi connectivity index (χ2n) is 7.31. The van der Waals surface area contributed by atoms with Crippen LogP contribution >= 0.6 is 0 Å². The number of amides is 2. The zero-order chi connectivity index (χ0) is 16.0. The number of nitrogens with one attached hydrogen (secondary N) is 2. The van der Waals surface area contributed by atoms with Gasteiger partial charge in [-0.05, 0) is 37.2 Å². The largest absolute Gasteiger partial charge is 0.336 e. The highest BCUT2D eigenvalue weighted by Crippen LogP contribution is 2.28. The van der Waals surface area contributed by atoms with Crippen LogP contribution in [0.2, 0.25) is 0 Å². The maximum Gasteiger partial charge on any atom is 0.315 e. The third kappa shape index (κ3) is 5.04. The lowest BCUT2D eigenvalue weighted by atomic mass is 9.79. The van der Waals surface area contributed by atoms with E-state index in [0.29, 0.717) is 6.04 Å². The van der Waals surface area contributed by atoms with Gasteiger partial charge in [0.05, 0.1) is 0 Å². The number of carbonyl (C=O) groups is 1. The number of carbonyl (C=O) groups excluding carboxylic acids is 1. The van der Waals surface area contributed by atoms with E-state index in [4.69, 9.17) is 0 Å². The third-order valence-corrected chi connectivity index (χ3v) is 4.69. The minimum absolute atomic E-state index is 0.0109. The molecule has 0 aromatic heterocycles. The highest BCUT2D eigenvalue weighted by Gasteiger charge is 2.24. The SMILES string of the molecule is C[C@H](CC(C)(C)c1ccccc1)NC(=O)NC1CCCCC1. The molecule has 2 N–H and O–H groups in total. The summed E-state index contributed by atoms with van der Waals surface area (Å²) in [6.45, 7) is 6.56. The number of hydrogen-bond donors (Lipinski definition) is 2. The van der Waals surface area contributed by atoms with Crippen molar-refractivity contribution in [2.45, 2.75) is 76.8 Å². The highest BCUT2D eigenvalue weighted by atomic mass is 16.2. The first-order chi connectivity index (χ1) is 10.5. The van der Waals surface area contributed by atoms with Crippen LogP contribution in [-0.2, 0) is 5.41 Å². The molecule has 0 aliphatic heterocycles. The van der Waals surface area contributed by atoms with E-state index < -0.39 is 0 Å². The van der Waals surface area contributed by atoms with E-state index in [9.17, 15) is 4.79 Å². The Hall–Kier alpha value is -1.51. The van der Waals surface area contributed by atoms with Gasteiger partial charge in [0.1, 0.15) is 0 Å². The molecule has 0 unspecified atom stereocenters. The van der Waals surface area contributed by atoms with Gasteiger partial charge in [-0.25, -0.2) is 4.79 Å². The molecule has 3 heteroatoms. The average Bonchev–Trinajstić information content (AvgIpc) is 2.48. The van der Waals surface area contributed by atoms with E-state index in [0.717, 1.165) is 19.3 Å². The number of hydrogen-bond acceptors (Lipinski definition) is 1. The van der Waals surface area contributed by atoms with Crippen molar-refractivity contribution in [2.24, 2.45) is 0 Å². The molecule has 0 bridgehead atoms. The monoisotopic (exact) mass is 302 g/mol. The molecule has 2 amide bonds. The van der Waals surface area contributed by atoms with Gasteiger partial charge in [-0.15, -0.1) is 0 Å². The second-order valence-corrected chi connectivity index (χ2v) is 7.31. The molecule has 1 aliphatic carbocycles. The quantitative estimate of drug-likeness (QED) is 0.833. The van der Waals surface area contributed by atoms with Crippen LogP contribution in [0, 0.1) is 0 Å². The number of rotatable bonds is 5. The number of urea groups is 1. The minimum Gasteiger partial charge on any atom is -0.336 e. The van der Waals surface area contributed by atoms with Gasteiger partial charge >= 0.3 is 6.03 Å². The van der Waals surface area contributed by atoms with Crippen LogP contribution in [0.4, 0.5) is 4.79 Å². The lowest BCUT2D eigenvalue weighted by Crippen LogP contribution is -2.47. The molecule has 3 nitrogen and oxygen atoms in total. The highest BCUT2D eigenvalue weighted by molar-refractivity contribution is 5.74. The standard InChI is InChI=1S/C19H30N2O/c1-15(14-19(2,3)16-10-6-4-7-11-16)20-18(22)21-17-12-8-5-9-13-17/h4,6-7,10-11,15,17H,5,8-9,12-14H2,1-3H3,(H2,20,21,22)/t15-/m1/s1. The Bertz CT molecular complexity index is 464. The van der Waals surface area contributed by atoms with E-state index in [2.05, 4.69) is 55.7 Å². The fraction of sp³-hybridized carbons (Fsp3) is 0.632. The molecule has 0 radical (unpaired) electrons. The molecule has 1 aromatic rings. The van der Waals surface area contributed by atoms with E-state index in [-0.39, 0.29) is 17.5 Å². The second kappa shape index (κ2) is 7.66. The van der Waals surface area contributed by atoms with Gasteiger partial charge in [-0.1, -0.05) is 63.4 Å². The summed E-state index contributed by atoms with van der Waals surface area (Å²) in [6.07, 6.45) is 6.95. The normalized spacial score (nSPS) is 17.8. The Labute approximate surface area is 134 Å². The van der Waals surface area contributed by atoms with Crippen LogP contribution in [0.25, 0.3) is 0 Å². The Morgan fingerprint density at radius 3 is 2.45 bits per heavy atom. The van der Waals surface area contributed by atoms with Crippen molar-refractivity contribution >= 4 is 6.03 Å². The maximum absolute atomic E-state index is 12.1. The van der Waals surface area contributed by atoms with E-state index >= 15 is 0 Å². The van der Waals surface area contributed by atoms with Crippen LogP contribution in [0.15, 0.2) is 30.3 Å². The van der Waals surface area contributed by atoms with Crippen molar-refractivity contribution in [3.8, 4) is 0 Å². The first-order valence-electron chi connectivity index (χ1n) is 8.60. The topological polar surface area (TPSA) is 41.1 Å². The summed E-state index contributed by atoms with van der Waals surface area (Å²) < 4.78 is 0. The Balaban J connectivity index is 1.81.